The second-order valence-corrected chi connectivity index (χ2v) is 5.92. The minimum Gasteiger partial charge on any atom is -0.497 e. The van der Waals surface area contributed by atoms with Gasteiger partial charge in [0.1, 0.15) is 18.1 Å². The number of ether oxygens (including phenoxy) is 2. The number of pyridine rings is 2. The van der Waals surface area contributed by atoms with E-state index in [1.165, 1.54) is 6.20 Å². The van der Waals surface area contributed by atoms with E-state index in [-0.39, 0.29) is 5.91 Å². The summed E-state index contributed by atoms with van der Waals surface area (Å²) in [6, 6.07) is 14.8. The molecular weight excluding hydrogens is 356 g/mol. The number of benzene rings is 1. The fourth-order valence-corrected chi connectivity index (χ4v) is 2.46. The molecule has 3 aromatic rings. The molecule has 28 heavy (non-hydrogen) atoms. The topological polar surface area (TPSA) is 85.4 Å². The van der Waals surface area contributed by atoms with Gasteiger partial charge >= 0.3 is 0 Å². The lowest BCUT2D eigenvalue weighted by Crippen LogP contribution is -2.28. The van der Waals surface area contributed by atoms with Gasteiger partial charge < -0.3 is 20.1 Å². The van der Waals surface area contributed by atoms with Crippen molar-refractivity contribution in [2.24, 2.45) is 0 Å². The Morgan fingerprint density at radius 3 is 2.64 bits per heavy atom. The molecule has 0 bridgehead atoms. The van der Waals surface area contributed by atoms with Crippen molar-refractivity contribution in [3.05, 3.63) is 78.4 Å². The number of anilines is 1. The summed E-state index contributed by atoms with van der Waals surface area (Å²) in [6.45, 7) is 1.31. The van der Waals surface area contributed by atoms with Crippen LogP contribution in [0.4, 0.5) is 5.69 Å². The standard InChI is InChI=1S/C21H22N4O3/c1-27-19-5-7-20(8-6-19)28-11-10-24-21(26)16-12-18(14-22-13-16)25-15-17-4-2-3-9-23-17/h2-9,12-14,25H,10-11,15H2,1H3,(H,24,26). The van der Waals surface area contributed by atoms with Crippen LogP contribution >= 0.6 is 0 Å². The Bertz CT molecular complexity index is 886. The van der Waals surface area contributed by atoms with Gasteiger partial charge in [-0.2, -0.15) is 0 Å². The van der Waals surface area contributed by atoms with Gasteiger partial charge in [-0.3, -0.25) is 14.8 Å². The van der Waals surface area contributed by atoms with Crippen LogP contribution in [0.15, 0.2) is 67.1 Å². The molecule has 0 aliphatic rings. The fraction of sp³-hybridized carbons (Fsp3) is 0.190. The maximum atomic E-state index is 12.3. The highest BCUT2D eigenvalue weighted by Gasteiger charge is 2.07. The summed E-state index contributed by atoms with van der Waals surface area (Å²) in [5, 5.41) is 6.04. The molecule has 7 heteroatoms. The van der Waals surface area contributed by atoms with Crippen molar-refractivity contribution in [1.29, 1.82) is 0 Å². The molecular formula is C21H22N4O3. The van der Waals surface area contributed by atoms with E-state index in [1.807, 2.05) is 42.5 Å². The number of aromatic nitrogens is 2. The molecule has 0 atom stereocenters. The molecule has 0 saturated heterocycles. The lowest BCUT2D eigenvalue weighted by Gasteiger charge is -2.10. The first-order valence-corrected chi connectivity index (χ1v) is 8.88. The van der Waals surface area contributed by atoms with Crippen LogP contribution in [0.5, 0.6) is 11.5 Å². The lowest BCUT2D eigenvalue weighted by atomic mass is 10.2. The molecule has 7 nitrogen and oxygen atoms in total. The number of carbonyl (C=O) groups excluding carboxylic acids is 1. The van der Waals surface area contributed by atoms with Crippen LogP contribution in [0.1, 0.15) is 16.1 Å². The number of hydrogen-bond acceptors (Lipinski definition) is 6. The van der Waals surface area contributed by atoms with E-state index in [2.05, 4.69) is 20.6 Å². The predicted octanol–water partition coefficient (Wildman–Crippen LogP) is 2.91. The van der Waals surface area contributed by atoms with Crippen LogP contribution in [-0.2, 0) is 6.54 Å². The van der Waals surface area contributed by atoms with Crippen LogP contribution in [-0.4, -0.2) is 36.1 Å². The average molecular weight is 378 g/mol. The van der Waals surface area contributed by atoms with Gasteiger partial charge in [-0.05, 0) is 42.5 Å². The van der Waals surface area contributed by atoms with Gasteiger partial charge in [0.2, 0.25) is 0 Å². The summed E-state index contributed by atoms with van der Waals surface area (Å²) < 4.78 is 10.7. The Balaban J connectivity index is 1.44. The van der Waals surface area contributed by atoms with Crippen molar-refractivity contribution >= 4 is 11.6 Å². The summed E-state index contributed by atoms with van der Waals surface area (Å²) in [7, 11) is 1.61. The quantitative estimate of drug-likeness (QED) is 0.557. The zero-order valence-corrected chi connectivity index (χ0v) is 15.6. The third-order valence-corrected chi connectivity index (χ3v) is 3.92. The molecule has 0 spiro atoms. The van der Waals surface area contributed by atoms with Gasteiger partial charge in [-0.25, -0.2) is 0 Å². The molecule has 1 amide bonds. The highest BCUT2D eigenvalue weighted by Crippen LogP contribution is 2.16. The minimum absolute atomic E-state index is 0.202. The first-order valence-electron chi connectivity index (χ1n) is 8.88. The zero-order valence-electron chi connectivity index (χ0n) is 15.6. The monoisotopic (exact) mass is 378 g/mol. The molecule has 2 N–H and O–H groups in total. The molecule has 3 rings (SSSR count). The van der Waals surface area contributed by atoms with Gasteiger partial charge in [0.15, 0.2) is 0 Å². The average Bonchev–Trinajstić information content (AvgIpc) is 2.76. The van der Waals surface area contributed by atoms with Crippen LogP contribution in [0, 0.1) is 0 Å². The maximum absolute atomic E-state index is 12.3. The Kier molecular flexibility index (Phi) is 6.78. The highest BCUT2D eigenvalue weighted by atomic mass is 16.5. The molecule has 0 fully saturated rings. The van der Waals surface area contributed by atoms with E-state index in [0.29, 0.717) is 25.3 Å². The molecule has 2 aromatic heterocycles. The molecule has 0 unspecified atom stereocenters. The van der Waals surface area contributed by atoms with Crippen LogP contribution in [0.25, 0.3) is 0 Å². The van der Waals surface area contributed by atoms with Crippen molar-refractivity contribution < 1.29 is 14.3 Å². The summed E-state index contributed by atoms with van der Waals surface area (Å²) >= 11 is 0. The van der Waals surface area contributed by atoms with E-state index >= 15 is 0 Å². The number of amides is 1. The number of rotatable bonds is 9. The van der Waals surface area contributed by atoms with E-state index in [1.54, 1.807) is 25.6 Å². The molecule has 144 valence electrons. The fourth-order valence-electron chi connectivity index (χ4n) is 2.46. The number of hydrogen-bond donors (Lipinski definition) is 2. The summed E-state index contributed by atoms with van der Waals surface area (Å²) in [4.78, 5) is 20.7. The first kappa shape index (κ1) is 19.2. The van der Waals surface area contributed by atoms with Crippen molar-refractivity contribution in [3.8, 4) is 11.5 Å². The summed E-state index contributed by atoms with van der Waals surface area (Å²) in [5.41, 5.74) is 2.15. The predicted molar refractivity (Wildman–Crippen MR) is 107 cm³/mol. The maximum Gasteiger partial charge on any atom is 0.253 e. The van der Waals surface area contributed by atoms with Crippen molar-refractivity contribution in [2.75, 3.05) is 25.6 Å². The minimum atomic E-state index is -0.202. The Morgan fingerprint density at radius 2 is 1.89 bits per heavy atom. The van der Waals surface area contributed by atoms with E-state index < -0.39 is 0 Å². The Morgan fingerprint density at radius 1 is 1.07 bits per heavy atom. The Labute approximate surface area is 163 Å². The van der Waals surface area contributed by atoms with Crippen LogP contribution in [0.2, 0.25) is 0 Å². The molecule has 2 heterocycles. The van der Waals surface area contributed by atoms with Gasteiger partial charge in [0.25, 0.3) is 5.91 Å². The zero-order chi connectivity index (χ0) is 19.6. The first-order chi connectivity index (χ1) is 13.7. The molecule has 0 radical (unpaired) electrons. The number of nitrogens with one attached hydrogen (secondary N) is 2. The Hall–Kier alpha value is -3.61. The van der Waals surface area contributed by atoms with Gasteiger partial charge in [0, 0.05) is 18.6 Å². The number of methoxy groups -OCH3 is 1. The smallest absolute Gasteiger partial charge is 0.253 e. The van der Waals surface area contributed by atoms with E-state index in [0.717, 1.165) is 22.9 Å². The van der Waals surface area contributed by atoms with Crippen LogP contribution < -0.4 is 20.1 Å². The molecule has 0 aliphatic carbocycles. The molecule has 0 aliphatic heterocycles. The second-order valence-electron chi connectivity index (χ2n) is 5.92. The lowest BCUT2D eigenvalue weighted by molar-refractivity contribution is 0.0946. The largest absolute Gasteiger partial charge is 0.497 e. The normalized spacial score (nSPS) is 10.2. The third-order valence-electron chi connectivity index (χ3n) is 3.92. The van der Waals surface area contributed by atoms with Crippen molar-refractivity contribution in [1.82, 2.24) is 15.3 Å². The van der Waals surface area contributed by atoms with Crippen molar-refractivity contribution in [3.63, 3.8) is 0 Å². The summed E-state index contributed by atoms with van der Waals surface area (Å²) in [5.74, 6) is 1.29. The van der Waals surface area contributed by atoms with E-state index in [9.17, 15) is 4.79 Å². The number of nitrogens with zero attached hydrogens (tertiary/aromatic N) is 2. The molecule has 0 saturated carbocycles. The van der Waals surface area contributed by atoms with Crippen molar-refractivity contribution in [2.45, 2.75) is 6.54 Å². The molecule has 1 aromatic carbocycles. The second kappa shape index (κ2) is 9.91. The third kappa shape index (κ3) is 5.70. The van der Waals surface area contributed by atoms with Gasteiger partial charge in [0.05, 0.1) is 37.1 Å². The SMILES string of the molecule is COc1ccc(OCCNC(=O)c2cncc(NCc3ccccn3)c2)cc1. The highest BCUT2D eigenvalue weighted by molar-refractivity contribution is 5.94. The van der Waals surface area contributed by atoms with Crippen LogP contribution in [0.3, 0.4) is 0 Å². The van der Waals surface area contributed by atoms with Gasteiger partial charge in [-0.1, -0.05) is 6.07 Å². The summed E-state index contributed by atoms with van der Waals surface area (Å²) in [6.07, 6.45) is 4.95. The van der Waals surface area contributed by atoms with E-state index in [4.69, 9.17) is 9.47 Å². The number of carbonyl (C=O) groups is 1. The van der Waals surface area contributed by atoms with Gasteiger partial charge in [-0.15, -0.1) is 0 Å².